The van der Waals surface area contributed by atoms with Crippen molar-refractivity contribution in [1.82, 2.24) is 4.90 Å². The summed E-state index contributed by atoms with van der Waals surface area (Å²) in [5.41, 5.74) is -1.13. The van der Waals surface area contributed by atoms with Gasteiger partial charge in [0.05, 0.1) is 5.60 Å². The number of carbonyl (C=O) groups excluding carboxylic acids is 1. The molecule has 0 unspecified atom stereocenters. The minimum absolute atomic E-state index is 0.207. The zero-order valence-corrected chi connectivity index (χ0v) is 14.5. The molecule has 1 amide bonds. The van der Waals surface area contributed by atoms with Crippen LogP contribution in [0.2, 0.25) is 5.02 Å². The maximum Gasteiger partial charge on any atom is 0.410 e. The normalized spacial score (nSPS) is 17.9. The Morgan fingerprint density at radius 1 is 1.39 bits per heavy atom. The van der Waals surface area contributed by atoms with Gasteiger partial charge in [0.1, 0.15) is 11.4 Å². The van der Waals surface area contributed by atoms with Crippen LogP contribution in [0, 0.1) is 5.82 Å². The number of hydrogen-bond donors (Lipinski definition) is 1. The molecule has 6 heteroatoms. The number of ether oxygens (including phenoxy) is 1. The maximum atomic E-state index is 13.9. The monoisotopic (exact) mass is 343 g/mol. The van der Waals surface area contributed by atoms with Gasteiger partial charge in [-0.3, -0.25) is 0 Å². The van der Waals surface area contributed by atoms with E-state index in [4.69, 9.17) is 16.3 Å². The van der Waals surface area contributed by atoms with Gasteiger partial charge in [0.15, 0.2) is 0 Å². The highest BCUT2D eigenvalue weighted by Gasteiger charge is 2.36. The van der Waals surface area contributed by atoms with Gasteiger partial charge in [0.25, 0.3) is 0 Å². The molecule has 0 saturated carbocycles. The third-order valence-electron chi connectivity index (χ3n) is 3.88. The van der Waals surface area contributed by atoms with Crippen molar-refractivity contribution in [2.24, 2.45) is 0 Å². The van der Waals surface area contributed by atoms with Gasteiger partial charge in [-0.05, 0) is 51.3 Å². The number of likely N-dealkylation sites (tertiary alicyclic amines) is 1. The van der Waals surface area contributed by atoms with Crippen LogP contribution < -0.4 is 0 Å². The Morgan fingerprint density at radius 3 is 2.52 bits per heavy atom. The summed E-state index contributed by atoms with van der Waals surface area (Å²) in [6.07, 6.45) is 0.595. The Hall–Kier alpha value is -1.33. The second-order valence-corrected chi connectivity index (χ2v) is 7.54. The van der Waals surface area contributed by atoms with Gasteiger partial charge in [0.2, 0.25) is 0 Å². The molecule has 0 radical (unpaired) electrons. The molecular formula is C17H23ClFNO3. The molecule has 128 valence electrons. The Labute approximate surface area is 141 Å². The van der Waals surface area contributed by atoms with Gasteiger partial charge in [-0.1, -0.05) is 17.7 Å². The summed E-state index contributed by atoms with van der Waals surface area (Å²) in [6.45, 7) is 6.22. The molecule has 1 N–H and O–H groups in total. The van der Waals surface area contributed by atoms with Crippen molar-refractivity contribution >= 4 is 17.7 Å². The number of nitrogens with zero attached hydrogens (tertiary/aromatic N) is 1. The van der Waals surface area contributed by atoms with Gasteiger partial charge < -0.3 is 14.7 Å². The van der Waals surface area contributed by atoms with E-state index in [1.807, 2.05) is 20.8 Å². The minimum Gasteiger partial charge on any atom is -0.444 e. The molecule has 1 heterocycles. The highest BCUT2D eigenvalue weighted by molar-refractivity contribution is 6.30. The fourth-order valence-electron chi connectivity index (χ4n) is 2.63. The van der Waals surface area contributed by atoms with Crippen LogP contribution in [0.25, 0.3) is 0 Å². The molecule has 1 fully saturated rings. The summed E-state index contributed by atoms with van der Waals surface area (Å²) in [5, 5.41) is 11.0. The van der Waals surface area contributed by atoms with E-state index in [9.17, 15) is 14.3 Å². The van der Waals surface area contributed by atoms with Crippen molar-refractivity contribution in [3.63, 3.8) is 0 Å². The van der Waals surface area contributed by atoms with Crippen LogP contribution in [0.5, 0.6) is 0 Å². The second-order valence-electron chi connectivity index (χ2n) is 7.10. The number of piperidine rings is 1. The standard InChI is InChI=1S/C17H23ClFNO3/c1-16(2,3)23-15(21)20-8-6-17(22,7-9-20)11-12-4-5-13(18)10-14(12)19/h4-5,10,22H,6-9,11H2,1-3H3. The van der Waals surface area contributed by atoms with Crippen LogP contribution in [0.15, 0.2) is 18.2 Å². The van der Waals surface area contributed by atoms with Crippen molar-refractivity contribution < 1.29 is 19.0 Å². The molecule has 0 bridgehead atoms. The Morgan fingerprint density at radius 2 is 2.00 bits per heavy atom. The molecule has 1 aromatic rings. The summed E-state index contributed by atoms with van der Waals surface area (Å²) >= 11 is 5.74. The second kappa shape index (κ2) is 6.65. The average molecular weight is 344 g/mol. The molecule has 1 aliphatic rings. The van der Waals surface area contributed by atoms with Crippen LogP contribution in [-0.2, 0) is 11.2 Å². The lowest BCUT2D eigenvalue weighted by Gasteiger charge is -2.38. The third kappa shape index (κ3) is 5.08. The summed E-state index contributed by atoms with van der Waals surface area (Å²) in [5.74, 6) is -0.416. The zero-order valence-electron chi connectivity index (χ0n) is 13.7. The van der Waals surface area contributed by atoms with Crippen molar-refractivity contribution in [3.05, 3.63) is 34.6 Å². The quantitative estimate of drug-likeness (QED) is 0.889. The predicted molar refractivity (Wildman–Crippen MR) is 87.1 cm³/mol. The lowest BCUT2D eigenvalue weighted by molar-refractivity contribution is -0.0319. The molecule has 1 aliphatic heterocycles. The summed E-state index contributed by atoms with van der Waals surface area (Å²) in [6, 6.07) is 4.45. The van der Waals surface area contributed by atoms with Crippen LogP contribution in [-0.4, -0.2) is 40.4 Å². The number of benzene rings is 1. The Bertz CT molecular complexity index is 578. The van der Waals surface area contributed by atoms with Gasteiger partial charge in [-0.15, -0.1) is 0 Å². The Balaban J connectivity index is 1.95. The molecule has 0 atom stereocenters. The van der Waals surface area contributed by atoms with Crippen molar-refractivity contribution in [1.29, 1.82) is 0 Å². The summed E-state index contributed by atoms with van der Waals surface area (Å²) in [7, 11) is 0. The number of rotatable bonds is 2. The number of halogens is 2. The van der Waals surface area contributed by atoms with Gasteiger partial charge >= 0.3 is 6.09 Å². The number of hydrogen-bond acceptors (Lipinski definition) is 3. The third-order valence-corrected chi connectivity index (χ3v) is 4.12. The van der Waals surface area contributed by atoms with Gasteiger partial charge in [-0.25, -0.2) is 9.18 Å². The van der Waals surface area contributed by atoms with Gasteiger partial charge in [0, 0.05) is 24.5 Å². The van der Waals surface area contributed by atoms with E-state index in [1.54, 1.807) is 17.0 Å². The topological polar surface area (TPSA) is 49.8 Å². The SMILES string of the molecule is CC(C)(C)OC(=O)N1CCC(O)(Cc2ccc(Cl)cc2F)CC1. The minimum atomic E-state index is -1.02. The summed E-state index contributed by atoms with van der Waals surface area (Å²) < 4.78 is 19.2. The molecular weight excluding hydrogens is 321 g/mol. The molecule has 0 spiro atoms. The molecule has 23 heavy (non-hydrogen) atoms. The summed E-state index contributed by atoms with van der Waals surface area (Å²) in [4.78, 5) is 13.6. The van der Waals surface area contributed by atoms with Gasteiger partial charge in [-0.2, -0.15) is 0 Å². The molecule has 1 saturated heterocycles. The fraction of sp³-hybridized carbons (Fsp3) is 0.588. The molecule has 4 nitrogen and oxygen atoms in total. The van der Waals surface area contributed by atoms with Crippen molar-refractivity contribution in [2.75, 3.05) is 13.1 Å². The van der Waals surface area contributed by atoms with E-state index >= 15 is 0 Å². The van der Waals surface area contributed by atoms with Crippen molar-refractivity contribution in [2.45, 2.75) is 51.2 Å². The zero-order chi connectivity index (χ0) is 17.3. The predicted octanol–water partition coefficient (Wildman–Crippen LogP) is 3.78. The largest absolute Gasteiger partial charge is 0.444 e. The highest BCUT2D eigenvalue weighted by Crippen LogP contribution is 2.29. The molecule has 2 rings (SSSR count). The van der Waals surface area contributed by atoms with Crippen LogP contribution in [0.4, 0.5) is 9.18 Å². The van der Waals surface area contributed by atoms with Crippen molar-refractivity contribution in [3.8, 4) is 0 Å². The molecule has 0 aromatic heterocycles. The first-order valence-electron chi connectivity index (χ1n) is 7.72. The van der Waals surface area contributed by atoms with Crippen LogP contribution >= 0.6 is 11.6 Å². The highest BCUT2D eigenvalue weighted by atomic mass is 35.5. The lowest BCUT2D eigenvalue weighted by Crippen LogP contribution is -2.49. The van der Waals surface area contributed by atoms with E-state index in [2.05, 4.69) is 0 Å². The van der Waals surface area contributed by atoms with Crippen LogP contribution in [0.3, 0.4) is 0 Å². The average Bonchev–Trinajstić information content (AvgIpc) is 2.41. The first-order chi connectivity index (χ1) is 10.6. The van der Waals surface area contributed by atoms with E-state index < -0.39 is 17.0 Å². The first-order valence-corrected chi connectivity index (χ1v) is 8.10. The Kier molecular flexibility index (Phi) is 5.21. The fourth-order valence-corrected chi connectivity index (χ4v) is 2.79. The van der Waals surface area contributed by atoms with E-state index in [0.29, 0.717) is 36.5 Å². The number of aliphatic hydroxyl groups is 1. The molecule has 0 aliphatic carbocycles. The number of carbonyl (C=O) groups is 1. The lowest BCUT2D eigenvalue weighted by atomic mass is 9.85. The smallest absolute Gasteiger partial charge is 0.410 e. The van der Waals surface area contributed by atoms with E-state index in [0.717, 1.165) is 0 Å². The van der Waals surface area contributed by atoms with Crippen LogP contribution in [0.1, 0.15) is 39.2 Å². The first kappa shape index (κ1) is 18.0. The molecule has 1 aromatic carbocycles. The van der Waals surface area contributed by atoms with E-state index in [-0.39, 0.29) is 12.5 Å². The van der Waals surface area contributed by atoms with E-state index in [1.165, 1.54) is 6.07 Å². The number of amides is 1. The maximum absolute atomic E-state index is 13.9.